The molecule has 19 heavy (non-hydrogen) atoms. The van der Waals surface area contributed by atoms with Crippen LogP contribution in [0.2, 0.25) is 0 Å². The van der Waals surface area contributed by atoms with E-state index in [2.05, 4.69) is 12.2 Å². The molecule has 2 nitrogen and oxygen atoms in total. The summed E-state index contributed by atoms with van der Waals surface area (Å²) in [6.07, 6.45) is 24.4. The Kier molecular flexibility index (Phi) is 11.0. The lowest BCUT2D eigenvalue weighted by atomic mass is 10.1. The summed E-state index contributed by atoms with van der Waals surface area (Å²) in [5, 5.41) is 0. The van der Waals surface area contributed by atoms with Crippen molar-refractivity contribution in [3.8, 4) is 0 Å². The highest BCUT2D eigenvalue weighted by Crippen LogP contribution is 1.95. The first-order chi connectivity index (χ1) is 9.18. The highest BCUT2D eigenvalue weighted by atomic mass is 16.1. The van der Waals surface area contributed by atoms with E-state index in [1.165, 1.54) is 0 Å². The summed E-state index contributed by atoms with van der Waals surface area (Å²) in [5.74, 6) is -0.531. The van der Waals surface area contributed by atoms with Gasteiger partial charge in [-0.1, -0.05) is 79.8 Å². The molecule has 0 fully saturated rings. The molecule has 1 atom stereocenters. The molecule has 0 heterocycles. The van der Waals surface area contributed by atoms with Crippen molar-refractivity contribution in [3.05, 3.63) is 72.9 Å². The van der Waals surface area contributed by atoms with Gasteiger partial charge in [-0.05, 0) is 13.3 Å². The van der Waals surface area contributed by atoms with E-state index in [-0.39, 0.29) is 11.8 Å². The van der Waals surface area contributed by atoms with Crippen LogP contribution in [0.1, 0.15) is 20.3 Å². The number of carbonyl (C=O) groups is 1. The summed E-state index contributed by atoms with van der Waals surface area (Å²) < 4.78 is 0. The normalized spacial score (nSPS) is 15.1. The van der Waals surface area contributed by atoms with Crippen LogP contribution in [0.5, 0.6) is 0 Å². The molecule has 0 spiro atoms. The third-order valence-electron chi connectivity index (χ3n) is 2.25. The maximum absolute atomic E-state index is 10.7. The standard InChI is InChI=1S/C17H23NO/c1-3-4-5-6-7-8-9-10-11-12-13-14-15-16(2)17(18)19/h3-8,10-16H,9H2,1-2H3,(H2,18,19)/b4-3+,6-5+,8-7+,11-10+,13-12+,15-14+. The van der Waals surface area contributed by atoms with Gasteiger partial charge in [-0.2, -0.15) is 0 Å². The van der Waals surface area contributed by atoms with Crippen molar-refractivity contribution in [2.75, 3.05) is 0 Å². The molecule has 0 bridgehead atoms. The molecule has 0 aliphatic rings. The second kappa shape index (κ2) is 12.4. The van der Waals surface area contributed by atoms with Gasteiger partial charge in [0.1, 0.15) is 0 Å². The molecule has 0 radical (unpaired) electrons. The molecule has 0 aliphatic heterocycles. The number of primary amides is 1. The van der Waals surface area contributed by atoms with Gasteiger partial charge in [0.2, 0.25) is 5.91 Å². The Morgan fingerprint density at radius 3 is 2.00 bits per heavy atom. The second-order valence-corrected chi connectivity index (χ2v) is 3.96. The first-order valence-electron chi connectivity index (χ1n) is 6.42. The Labute approximate surface area is 116 Å². The summed E-state index contributed by atoms with van der Waals surface area (Å²) in [6, 6.07) is 0. The molecule has 0 aromatic carbocycles. The average Bonchev–Trinajstić information content (AvgIpc) is 2.39. The minimum Gasteiger partial charge on any atom is -0.369 e. The molecule has 0 saturated carbocycles. The van der Waals surface area contributed by atoms with Crippen LogP contribution in [0.25, 0.3) is 0 Å². The monoisotopic (exact) mass is 257 g/mol. The smallest absolute Gasteiger partial charge is 0.224 e. The fourth-order valence-electron chi connectivity index (χ4n) is 1.09. The number of nitrogens with two attached hydrogens (primary N) is 1. The van der Waals surface area contributed by atoms with Gasteiger partial charge in [-0.3, -0.25) is 4.79 Å². The molecular formula is C17H23NO. The number of hydrogen-bond donors (Lipinski definition) is 1. The van der Waals surface area contributed by atoms with Crippen molar-refractivity contribution in [1.29, 1.82) is 0 Å². The highest BCUT2D eigenvalue weighted by molar-refractivity contribution is 5.78. The van der Waals surface area contributed by atoms with Gasteiger partial charge in [0.25, 0.3) is 0 Å². The van der Waals surface area contributed by atoms with Crippen LogP contribution >= 0.6 is 0 Å². The average molecular weight is 257 g/mol. The fourth-order valence-corrected chi connectivity index (χ4v) is 1.09. The number of carbonyl (C=O) groups excluding carboxylic acids is 1. The number of allylic oxidation sites excluding steroid dienone is 11. The van der Waals surface area contributed by atoms with Gasteiger partial charge in [-0.15, -0.1) is 0 Å². The van der Waals surface area contributed by atoms with Gasteiger partial charge in [0, 0.05) is 0 Å². The lowest BCUT2D eigenvalue weighted by molar-refractivity contribution is -0.120. The van der Waals surface area contributed by atoms with Crippen LogP contribution in [0, 0.1) is 5.92 Å². The third-order valence-corrected chi connectivity index (χ3v) is 2.25. The van der Waals surface area contributed by atoms with Gasteiger partial charge in [-0.25, -0.2) is 0 Å². The Balaban J connectivity index is 3.82. The van der Waals surface area contributed by atoms with E-state index in [9.17, 15) is 4.79 Å². The number of rotatable bonds is 8. The molecule has 2 N–H and O–H groups in total. The van der Waals surface area contributed by atoms with Crippen LogP contribution in [-0.4, -0.2) is 5.91 Å². The second-order valence-electron chi connectivity index (χ2n) is 3.96. The first-order valence-corrected chi connectivity index (χ1v) is 6.42. The molecule has 1 unspecified atom stereocenters. The third kappa shape index (κ3) is 12.2. The first kappa shape index (κ1) is 16.9. The van der Waals surface area contributed by atoms with Crippen LogP contribution in [0.4, 0.5) is 0 Å². The predicted molar refractivity (Wildman–Crippen MR) is 83.5 cm³/mol. The van der Waals surface area contributed by atoms with E-state index in [1.54, 1.807) is 13.0 Å². The minimum absolute atomic E-state index is 0.222. The largest absolute Gasteiger partial charge is 0.369 e. The zero-order valence-electron chi connectivity index (χ0n) is 11.7. The SMILES string of the molecule is C/C=C/C=C/C=C/C/C=C/C=C/C=C/C(C)C(N)=O. The summed E-state index contributed by atoms with van der Waals surface area (Å²) in [5.41, 5.74) is 5.13. The van der Waals surface area contributed by atoms with Crippen molar-refractivity contribution in [2.45, 2.75) is 20.3 Å². The number of hydrogen-bond acceptors (Lipinski definition) is 1. The lowest BCUT2D eigenvalue weighted by Gasteiger charge is -1.95. The van der Waals surface area contributed by atoms with E-state index >= 15 is 0 Å². The Hall–Kier alpha value is -2.09. The van der Waals surface area contributed by atoms with Crippen molar-refractivity contribution in [2.24, 2.45) is 11.7 Å². The van der Waals surface area contributed by atoms with E-state index in [4.69, 9.17) is 5.73 Å². The molecule has 0 rings (SSSR count). The Morgan fingerprint density at radius 1 is 0.947 bits per heavy atom. The number of amides is 1. The van der Waals surface area contributed by atoms with E-state index in [1.807, 2.05) is 61.6 Å². The topological polar surface area (TPSA) is 43.1 Å². The maximum Gasteiger partial charge on any atom is 0.224 e. The van der Waals surface area contributed by atoms with Crippen LogP contribution in [0.3, 0.4) is 0 Å². The van der Waals surface area contributed by atoms with E-state index in [0.29, 0.717) is 0 Å². The summed E-state index contributed by atoms with van der Waals surface area (Å²) in [7, 11) is 0. The van der Waals surface area contributed by atoms with Crippen molar-refractivity contribution >= 4 is 5.91 Å². The van der Waals surface area contributed by atoms with Gasteiger partial charge in [0.05, 0.1) is 5.92 Å². The van der Waals surface area contributed by atoms with Gasteiger partial charge in [0.15, 0.2) is 0 Å². The maximum atomic E-state index is 10.7. The van der Waals surface area contributed by atoms with E-state index in [0.717, 1.165) is 6.42 Å². The molecule has 2 heteroatoms. The quantitative estimate of drug-likeness (QED) is 0.659. The minimum atomic E-state index is -0.309. The zero-order chi connectivity index (χ0) is 14.3. The summed E-state index contributed by atoms with van der Waals surface area (Å²) >= 11 is 0. The van der Waals surface area contributed by atoms with Crippen molar-refractivity contribution in [1.82, 2.24) is 0 Å². The van der Waals surface area contributed by atoms with Gasteiger partial charge < -0.3 is 5.73 Å². The molecule has 0 aromatic rings. The lowest BCUT2D eigenvalue weighted by Crippen LogP contribution is -2.18. The Bertz CT molecular complexity index is 409. The van der Waals surface area contributed by atoms with E-state index < -0.39 is 0 Å². The molecule has 0 aromatic heterocycles. The molecule has 1 amide bonds. The van der Waals surface area contributed by atoms with Crippen molar-refractivity contribution in [3.63, 3.8) is 0 Å². The van der Waals surface area contributed by atoms with Crippen LogP contribution in [-0.2, 0) is 4.79 Å². The van der Waals surface area contributed by atoms with Crippen LogP contribution < -0.4 is 5.73 Å². The predicted octanol–water partition coefficient (Wildman–Crippen LogP) is 3.86. The molecule has 0 aliphatic carbocycles. The summed E-state index contributed by atoms with van der Waals surface area (Å²) in [4.78, 5) is 10.7. The van der Waals surface area contributed by atoms with Crippen molar-refractivity contribution < 1.29 is 4.79 Å². The van der Waals surface area contributed by atoms with Crippen LogP contribution in [0.15, 0.2) is 72.9 Å². The molecule has 0 saturated heterocycles. The zero-order valence-corrected chi connectivity index (χ0v) is 11.7. The van der Waals surface area contributed by atoms with Gasteiger partial charge >= 0.3 is 0 Å². The Morgan fingerprint density at radius 2 is 1.47 bits per heavy atom. The highest BCUT2D eigenvalue weighted by Gasteiger charge is 2.00. The molecular weight excluding hydrogens is 234 g/mol. The molecule has 102 valence electrons. The summed E-state index contributed by atoms with van der Waals surface area (Å²) in [6.45, 7) is 3.76. The fraction of sp³-hybridized carbons (Fsp3) is 0.235.